The van der Waals surface area contributed by atoms with E-state index in [4.69, 9.17) is 4.74 Å². The van der Waals surface area contributed by atoms with Gasteiger partial charge in [-0.3, -0.25) is 0 Å². The maximum Gasteiger partial charge on any atom is 0.0478 e. The fourth-order valence-electron chi connectivity index (χ4n) is 3.02. The van der Waals surface area contributed by atoms with Crippen LogP contribution >= 0.6 is 0 Å². The number of nitrogens with one attached hydrogen (secondary N) is 1. The van der Waals surface area contributed by atoms with E-state index in [1.807, 2.05) is 0 Å². The van der Waals surface area contributed by atoms with E-state index in [0.29, 0.717) is 0 Å². The average Bonchev–Trinajstić information content (AvgIpc) is 2.38. The number of rotatable bonds is 9. The fraction of sp³-hybridized carbons (Fsp3) is 1.00. The van der Waals surface area contributed by atoms with Gasteiger partial charge in [-0.05, 0) is 44.1 Å². The maximum atomic E-state index is 5.60. The number of ether oxygens (including phenoxy) is 1. The van der Waals surface area contributed by atoms with Crippen LogP contribution < -0.4 is 5.32 Å². The van der Waals surface area contributed by atoms with Gasteiger partial charge in [0, 0.05) is 19.3 Å². The lowest BCUT2D eigenvalue weighted by molar-refractivity contribution is 0.125. The van der Waals surface area contributed by atoms with E-state index in [1.54, 1.807) is 0 Å². The first-order chi connectivity index (χ1) is 8.75. The molecule has 1 N–H and O–H groups in total. The van der Waals surface area contributed by atoms with Crippen LogP contribution in [0.1, 0.15) is 65.7 Å². The zero-order valence-corrected chi connectivity index (χ0v) is 12.7. The van der Waals surface area contributed by atoms with Crippen molar-refractivity contribution in [2.75, 3.05) is 19.8 Å². The number of unbranched alkanes of at least 4 members (excludes halogenated alkanes) is 1. The Labute approximate surface area is 114 Å². The number of hydrogen-bond acceptors (Lipinski definition) is 2. The Morgan fingerprint density at radius 2 is 1.83 bits per heavy atom. The van der Waals surface area contributed by atoms with E-state index < -0.39 is 0 Å². The van der Waals surface area contributed by atoms with Crippen LogP contribution in [0.25, 0.3) is 0 Å². The maximum absolute atomic E-state index is 5.60. The second kappa shape index (κ2) is 9.80. The lowest BCUT2D eigenvalue weighted by atomic mass is 9.78. The third-order valence-electron chi connectivity index (χ3n) is 4.19. The van der Waals surface area contributed by atoms with Crippen LogP contribution in [0, 0.1) is 11.8 Å². The van der Waals surface area contributed by atoms with Crippen LogP contribution in [0.4, 0.5) is 0 Å². The van der Waals surface area contributed by atoms with Gasteiger partial charge < -0.3 is 10.1 Å². The molecule has 0 radical (unpaired) electrons. The van der Waals surface area contributed by atoms with Crippen molar-refractivity contribution in [1.82, 2.24) is 5.32 Å². The first kappa shape index (κ1) is 16.0. The van der Waals surface area contributed by atoms with E-state index >= 15 is 0 Å². The minimum atomic E-state index is 0.759. The normalized spacial score (nSPS) is 24.7. The lowest BCUT2D eigenvalue weighted by Gasteiger charge is -2.35. The molecule has 1 aliphatic carbocycles. The van der Waals surface area contributed by atoms with Crippen LogP contribution in [0.5, 0.6) is 0 Å². The Balaban J connectivity index is 2.06. The molecule has 1 fully saturated rings. The predicted octanol–water partition coefficient (Wildman–Crippen LogP) is 4.00. The molecule has 2 heteroatoms. The van der Waals surface area contributed by atoms with E-state index in [-0.39, 0.29) is 0 Å². The van der Waals surface area contributed by atoms with Crippen LogP contribution in [0.15, 0.2) is 0 Å². The molecule has 1 saturated carbocycles. The molecule has 108 valence electrons. The van der Waals surface area contributed by atoms with Gasteiger partial charge in [-0.2, -0.15) is 0 Å². The van der Waals surface area contributed by atoms with Crippen molar-refractivity contribution in [2.45, 2.75) is 71.8 Å². The van der Waals surface area contributed by atoms with Gasteiger partial charge in [-0.15, -0.1) is 0 Å². The van der Waals surface area contributed by atoms with Gasteiger partial charge >= 0.3 is 0 Å². The molecule has 0 aromatic heterocycles. The molecule has 0 bridgehead atoms. The Morgan fingerprint density at radius 1 is 1.11 bits per heavy atom. The first-order valence-electron chi connectivity index (χ1n) is 8.06. The summed E-state index contributed by atoms with van der Waals surface area (Å²) in [7, 11) is 0. The fourth-order valence-corrected chi connectivity index (χ4v) is 3.02. The summed E-state index contributed by atoms with van der Waals surface area (Å²) in [4.78, 5) is 0. The summed E-state index contributed by atoms with van der Waals surface area (Å²) in [6.07, 6.45) is 9.23. The van der Waals surface area contributed by atoms with Gasteiger partial charge in [0.2, 0.25) is 0 Å². The summed E-state index contributed by atoms with van der Waals surface area (Å²) < 4.78 is 5.60. The molecule has 0 aromatic carbocycles. The summed E-state index contributed by atoms with van der Waals surface area (Å²) in [6, 6.07) is 0.759. The molecule has 18 heavy (non-hydrogen) atoms. The van der Waals surface area contributed by atoms with Crippen molar-refractivity contribution in [2.24, 2.45) is 11.8 Å². The SMILES string of the molecule is CCCCOCCCNC1CCCCC1C(C)C. The summed E-state index contributed by atoms with van der Waals surface area (Å²) >= 11 is 0. The van der Waals surface area contributed by atoms with Crippen LogP contribution in [-0.4, -0.2) is 25.8 Å². The number of hydrogen-bond donors (Lipinski definition) is 1. The Kier molecular flexibility index (Phi) is 8.70. The standard InChI is InChI=1S/C16H33NO/c1-4-5-12-18-13-8-11-17-16-10-7-6-9-15(16)14(2)3/h14-17H,4-13H2,1-3H3. The predicted molar refractivity (Wildman–Crippen MR) is 78.9 cm³/mol. The van der Waals surface area contributed by atoms with Crippen molar-refractivity contribution >= 4 is 0 Å². The summed E-state index contributed by atoms with van der Waals surface area (Å²) in [5.41, 5.74) is 0. The third-order valence-corrected chi connectivity index (χ3v) is 4.19. The smallest absolute Gasteiger partial charge is 0.0478 e. The largest absolute Gasteiger partial charge is 0.381 e. The summed E-state index contributed by atoms with van der Waals surface area (Å²) in [5.74, 6) is 1.71. The molecule has 0 spiro atoms. The summed E-state index contributed by atoms with van der Waals surface area (Å²) in [5, 5.41) is 3.76. The second-order valence-corrected chi connectivity index (χ2v) is 6.07. The zero-order valence-electron chi connectivity index (χ0n) is 12.7. The van der Waals surface area contributed by atoms with Crippen molar-refractivity contribution in [3.63, 3.8) is 0 Å². The molecule has 0 aliphatic heterocycles. The van der Waals surface area contributed by atoms with Crippen LogP contribution in [0.3, 0.4) is 0 Å². The second-order valence-electron chi connectivity index (χ2n) is 6.07. The lowest BCUT2D eigenvalue weighted by Crippen LogP contribution is -2.41. The molecule has 0 aromatic rings. The zero-order chi connectivity index (χ0) is 13.2. The van der Waals surface area contributed by atoms with Crippen molar-refractivity contribution in [3.05, 3.63) is 0 Å². The molecule has 2 atom stereocenters. The highest BCUT2D eigenvalue weighted by molar-refractivity contribution is 4.82. The van der Waals surface area contributed by atoms with Gasteiger partial charge in [-0.25, -0.2) is 0 Å². The van der Waals surface area contributed by atoms with Gasteiger partial charge in [0.25, 0.3) is 0 Å². The molecule has 2 unspecified atom stereocenters. The van der Waals surface area contributed by atoms with E-state index in [9.17, 15) is 0 Å². The van der Waals surface area contributed by atoms with Crippen molar-refractivity contribution in [3.8, 4) is 0 Å². The minimum Gasteiger partial charge on any atom is -0.381 e. The molecule has 0 saturated heterocycles. The molecule has 0 heterocycles. The van der Waals surface area contributed by atoms with E-state index in [1.165, 1.54) is 38.5 Å². The molecule has 1 aliphatic rings. The van der Waals surface area contributed by atoms with Gasteiger partial charge in [0.15, 0.2) is 0 Å². The molecule has 2 nitrogen and oxygen atoms in total. The molecule has 1 rings (SSSR count). The Hall–Kier alpha value is -0.0800. The van der Waals surface area contributed by atoms with Gasteiger partial charge in [0.1, 0.15) is 0 Å². The van der Waals surface area contributed by atoms with Crippen molar-refractivity contribution < 1.29 is 4.74 Å². The van der Waals surface area contributed by atoms with Crippen LogP contribution in [0.2, 0.25) is 0 Å². The molecule has 0 amide bonds. The average molecular weight is 255 g/mol. The van der Waals surface area contributed by atoms with Gasteiger partial charge in [-0.1, -0.05) is 40.0 Å². The quantitative estimate of drug-likeness (QED) is 0.629. The first-order valence-corrected chi connectivity index (χ1v) is 8.06. The Bertz CT molecular complexity index is 194. The summed E-state index contributed by atoms with van der Waals surface area (Å²) in [6.45, 7) is 9.94. The highest BCUT2D eigenvalue weighted by atomic mass is 16.5. The van der Waals surface area contributed by atoms with Gasteiger partial charge in [0.05, 0.1) is 0 Å². The molecular weight excluding hydrogens is 222 g/mol. The monoisotopic (exact) mass is 255 g/mol. The van der Waals surface area contributed by atoms with Crippen LogP contribution in [-0.2, 0) is 4.74 Å². The minimum absolute atomic E-state index is 0.759. The molecular formula is C16H33NO. The van der Waals surface area contributed by atoms with Crippen molar-refractivity contribution in [1.29, 1.82) is 0 Å². The highest BCUT2D eigenvalue weighted by Crippen LogP contribution is 2.30. The van der Waals surface area contributed by atoms with E-state index in [0.717, 1.165) is 44.1 Å². The highest BCUT2D eigenvalue weighted by Gasteiger charge is 2.26. The topological polar surface area (TPSA) is 21.3 Å². The third kappa shape index (κ3) is 6.19. The Morgan fingerprint density at radius 3 is 2.56 bits per heavy atom. The van der Waals surface area contributed by atoms with E-state index in [2.05, 4.69) is 26.1 Å².